The van der Waals surface area contributed by atoms with E-state index >= 15 is 0 Å². The lowest BCUT2D eigenvalue weighted by molar-refractivity contribution is -0.702. The fraction of sp³-hybridized carbons (Fsp3) is 0.222. The Morgan fingerprint density at radius 2 is 2.16 bits per heavy atom. The zero-order valence-corrected chi connectivity index (χ0v) is 17.3. The zero-order valence-electron chi connectivity index (χ0n) is 17.3. The van der Waals surface area contributed by atoms with Crippen molar-refractivity contribution in [3.05, 3.63) is 47.9 Å². The van der Waals surface area contributed by atoms with E-state index in [9.17, 15) is 9.90 Å². The lowest BCUT2D eigenvalue weighted by atomic mass is 10.2. The van der Waals surface area contributed by atoms with Crippen LogP contribution in [0.15, 0.2) is 41.4 Å². The summed E-state index contributed by atoms with van der Waals surface area (Å²) in [7, 11) is 1.78. The van der Waals surface area contributed by atoms with Gasteiger partial charge in [-0.05, 0) is 6.92 Å². The highest BCUT2D eigenvalue weighted by Crippen LogP contribution is 2.23. The SMILES string of the molecule is C/C(N)=C(\O)C(=NCCn1cncn1)c1nc(-c2nc(C(N)=O)cc3c2c[nH][n+]3C)n[nH]1. The number of nitrogens with zero attached hydrogens (tertiary/aromatic N) is 8. The number of aliphatic imine (C=N–C) groups is 1. The number of allylic oxidation sites excluding steroid dienone is 2. The second-order valence-corrected chi connectivity index (χ2v) is 6.91. The number of aromatic amines is 2. The van der Waals surface area contributed by atoms with Crippen LogP contribution in [0.2, 0.25) is 0 Å². The standard InChI is InChI=1S/C18H20N12O2/c1-9(19)15(31)14(22-3-4-30-8-21-7-24-30)18-26-17(27-28-18)13-10-6-23-29(2)12(10)5-11(25-13)16(20)32/h5-8H,3-4H2,1-2H3,(H6,19,20,22,23,25,26,27,28,31,32)/p+1. The van der Waals surface area contributed by atoms with Crippen molar-refractivity contribution in [2.45, 2.75) is 13.5 Å². The van der Waals surface area contributed by atoms with Crippen molar-refractivity contribution in [2.75, 3.05) is 6.54 Å². The molecule has 164 valence electrons. The van der Waals surface area contributed by atoms with Crippen molar-refractivity contribution in [1.29, 1.82) is 0 Å². The third-order valence-electron chi connectivity index (χ3n) is 4.64. The first-order valence-electron chi connectivity index (χ1n) is 9.48. The first kappa shape index (κ1) is 20.6. The number of carbonyl (C=O) groups is 1. The Hall–Kier alpha value is -4.62. The molecular weight excluding hydrogens is 416 g/mol. The smallest absolute Gasteiger partial charge is 0.267 e. The molecule has 0 saturated carbocycles. The fourth-order valence-corrected chi connectivity index (χ4v) is 3.02. The molecule has 0 aliphatic heterocycles. The van der Waals surface area contributed by atoms with Gasteiger partial charge in [-0.3, -0.25) is 19.6 Å². The third kappa shape index (κ3) is 3.88. The van der Waals surface area contributed by atoms with Crippen molar-refractivity contribution in [3.8, 4) is 11.5 Å². The first-order valence-corrected chi connectivity index (χ1v) is 9.48. The highest BCUT2D eigenvalue weighted by Gasteiger charge is 2.23. The van der Waals surface area contributed by atoms with Crippen LogP contribution in [0.25, 0.3) is 22.4 Å². The topological polar surface area (TPSA) is 207 Å². The van der Waals surface area contributed by atoms with Crippen molar-refractivity contribution in [2.24, 2.45) is 23.5 Å². The van der Waals surface area contributed by atoms with Crippen molar-refractivity contribution in [1.82, 2.24) is 40.0 Å². The minimum atomic E-state index is -0.681. The third-order valence-corrected chi connectivity index (χ3v) is 4.64. The molecular formula is C18H21N12O2+. The molecule has 0 spiro atoms. The minimum absolute atomic E-state index is 0.0660. The predicted octanol–water partition coefficient (Wildman–Crippen LogP) is -0.900. The number of amides is 1. The molecule has 0 aromatic carbocycles. The van der Waals surface area contributed by atoms with E-state index in [1.165, 1.54) is 6.33 Å². The molecule has 32 heavy (non-hydrogen) atoms. The molecule has 0 radical (unpaired) electrons. The maximum absolute atomic E-state index is 11.8. The van der Waals surface area contributed by atoms with Gasteiger partial charge in [0.1, 0.15) is 29.8 Å². The van der Waals surface area contributed by atoms with Gasteiger partial charge in [-0.1, -0.05) is 0 Å². The number of rotatable bonds is 7. The summed E-state index contributed by atoms with van der Waals surface area (Å²) in [6, 6.07) is 1.58. The van der Waals surface area contributed by atoms with Crippen LogP contribution in [-0.2, 0) is 13.6 Å². The van der Waals surface area contributed by atoms with Gasteiger partial charge in [0.2, 0.25) is 11.3 Å². The van der Waals surface area contributed by atoms with Gasteiger partial charge in [0.25, 0.3) is 5.91 Å². The van der Waals surface area contributed by atoms with Crippen LogP contribution >= 0.6 is 0 Å². The molecule has 0 unspecified atom stereocenters. The molecule has 4 rings (SSSR count). The van der Waals surface area contributed by atoms with E-state index in [0.29, 0.717) is 23.1 Å². The molecule has 0 atom stereocenters. The van der Waals surface area contributed by atoms with Gasteiger partial charge < -0.3 is 16.6 Å². The van der Waals surface area contributed by atoms with Crippen molar-refractivity contribution >= 4 is 22.5 Å². The van der Waals surface area contributed by atoms with Gasteiger partial charge in [-0.25, -0.2) is 15.0 Å². The highest BCUT2D eigenvalue weighted by molar-refractivity contribution is 6.09. The molecule has 0 aliphatic rings. The fourth-order valence-electron chi connectivity index (χ4n) is 3.02. The van der Waals surface area contributed by atoms with E-state index in [2.05, 4.69) is 40.3 Å². The summed E-state index contributed by atoms with van der Waals surface area (Å²) >= 11 is 0. The van der Waals surface area contributed by atoms with E-state index in [4.69, 9.17) is 11.5 Å². The number of primary amides is 1. The number of nitrogens with one attached hydrogen (secondary N) is 2. The number of H-pyrrole nitrogens is 2. The van der Waals surface area contributed by atoms with E-state index in [0.717, 1.165) is 0 Å². The minimum Gasteiger partial charge on any atom is -0.504 e. The maximum Gasteiger partial charge on any atom is 0.267 e. The van der Waals surface area contributed by atoms with Crippen LogP contribution in [-0.4, -0.2) is 63.3 Å². The Bertz CT molecular complexity index is 1340. The number of aliphatic hydroxyl groups is 1. The van der Waals surface area contributed by atoms with E-state index < -0.39 is 5.91 Å². The van der Waals surface area contributed by atoms with Crippen LogP contribution < -0.4 is 16.1 Å². The predicted molar refractivity (Wildman–Crippen MR) is 112 cm³/mol. The summed E-state index contributed by atoms with van der Waals surface area (Å²) in [5, 5.41) is 25.2. The molecule has 0 bridgehead atoms. The summed E-state index contributed by atoms with van der Waals surface area (Å²) in [5.41, 5.74) is 12.6. The van der Waals surface area contributed by atoms with Gasteiger partial charge >= 0.3 is 0 Å². The van der Waals surface area contributed by atoms with Crippen LogP contribution in [0.1, 0.15) is 23.2 Å². The van der Waals surface area contributed by atoms with E-state index in [1.54, 1.807) is 41.9 Å². The van der Waals surface area contributed by atoms with Crippen molar-refractivity contribution in [3.63, 3.8) is 0 Å². The second-order valence-electron chi connectivity index (χ2n) is 6.91. The summed E-state index contributed by atoms with van der Waals surface area (Å²) in [6.07, 6.45) is 4.70. The van der Waals surface area contributed by atoms with Gasteiger partial charge in [0.15, 0.2) is 18.6 Å². The molecule has 0 aliphatic carbocycles. The largest absolute Gasteiger partial charge is 0.504 e. The molecule has 1 amide bonds. The maximum atomic E-state index is 11.8. The lowest BCUT2D eigenvalue weighted by Gasteiger charge is -2.05. The monoisotopic (exact) mass is 437 g/mol. The number of fused-ring (bicyclic) bond motifs is 1. The quantitative estimate of drug-likeness (QED) is 0.139. The summed E-state index contributed by atoms with van der Waals surface area (Å²) < 4.78 is 3.31. The molecule has 4 heterocycles. The lowest BCUT2D eigenvalue weighted by Crippen LogP contribution is -2.30. The van der Waals surface area contributed by atoms with Crippen LogP contribution in [0, 0.1) is 0 Å². The Labute approximate surface area is 180 Å². The molecule has 0 fully saturated rings. The molecule has 14 nitrogen and oxygen atoms in total. The average molecular weight is 437 g/mol. The number of aromatic nitrogens is 9. The summed E-state index contributed by atoms with van der Waals surface area (Å²) in [4.78, 5) is 28.8. The zero-order chi connectivity index (χ0) is 22.8. The van der Waals surface area contributed by atoms with Crippen LogP contribution in [0.5, 0.6) is 0 Å². The Balaban J connectivity index is 1.75. The Morgan fingerprint density at radius 3 is 2.84 bits per heavy atom. The van der Waals surface area contributed by atoms with Gasteiger partial charge in [0.05, 0.1) is 24.7 Å². The molecule has 14 heteroatoms. The number of carbonyl (C=O) groups excluding carboxylic acids is 1. The number of hydrogen-bond acceptors (Lipinski definition) is 9. The Morgan fingerprint density at radius 1 is 1.34 bits per heavy atom. The van der Waals surface area contributed by atoms with E-state index in [1.807, 2.05) is 0 Å². The van der Waals surface area contributed by atoms with Crippen molar-refractivity contribution < 1.29 is 14.6 Å². The molecule has 4 aromatic heterocycles. The number of aliphatic hydroxyl groups excluding tert-OH is 1. The number of nitrogens with two attached hydrogens (primary N) is 2. The number of pyridine rings is 1. The number of aryl methyl sites for hydroxylation is 1. The Kier molecular flexibility index (Phi) is 5.32. The molecule has 0 saturated heterocycles. The van der Waals surface area contributed by atoms with Crippen LogP contribution in [0.4, 0.5) is 0 Å². The summed E-state index contributed by atoms with van der Waals surface area (Å²) in [6.45, 7) is 2.25. The second kappa shape index (κ2) is 8.25. The first-order chi connectivity index (χ1) is 15.3. The van der Waals surface area contributed by atoms with Gasteiger partial charge in [-0.2, -0.15) is 15.3 Å². The molecule has 7 N–H and O–H groups in total. The normalized spacial score (nSPS) is 12.9. The van der Waals surface area contributed by atoms with E-state index in [-0.39, 0.29) is 41.1 Å². The summed E-state index contributed by atoms with van der Waals surface area (Å²) in [5.74, 6) is -0.539. The van der Waals surface area contributed by atoms with Gasteiger partial charge in [0, 0.05) is 11.8 Å². The van der Waals surface area contributed by atoms with Gasteiger partial charge in [-0.15, -0.1) is 4.68 Å². The average Bonchev–Trinajstić information content (AvgIpc) is 3.52. The van der Waals surface area contributed by atoms with Crippen LogP contribution in [0.3, 0.4) is 0 Å². The number of hydrogen-bond donors (Lipinski definition) is 5. The molecule has 4 aromatic rings. The highest BCUT2D eigenvalue weighted by atomic mass is 16.3.